The van der Waals surface area contributed by atoms with Crippen molar-refractivity contribution >= 4 is 17.3 Å². The second-order valence-corrected chi connectivity index (χ2v) is 5.13. The molecule has 24 heavy (non-hydrogen) atoms. The Morgan fingerprint density at radius 2 is 1.62 bits per heavy atom. The first-order valence-corrected chi connectivity index (χ1v) is 7.62. The zero-order valence-corrected chi connectivity index (χ0v) is 13.9. The summed E-state index contributed by atoms with van der Waals surface area (Å²) in [5.41, 5.74) is 6.92. The van der Waals surface area contributed by atoms with E-state index in [0.717, 1.165) is 11.5 Å². The maximum atomic E-state index is 11.9. The number of nitrogen functional groups attached to an aromatic ring is 1. The third-order valence-electron chi connectivity index (χ3n) is 3.41. The van der Waals surface area contributed by atoms with Crippen LogP contribution in [0.5, 0.6) is 17.2 Å². The van der Waals surface area contributed by atoms with Crippen LogP contribution < -0.4 is 25.3 Å². The minimum atomic E-state index is -0.106. The highest BCUT2D eigenvalue weighted by Crippen LogP contribution is 2.24. The molecule has 1 amide bonds. The quantitative estimate of drug-likeness (QED) is 0.574. The van der Waals surface area contributed by atoms with Crippen molar-refractivity contribution in [2.75, 3.05) is 31.9 Å². The summed E-state index contributed by atoms with van der Waals surface area (Å²) in [5, 5.41) is 2.78. The van der Waals surface area contributed by atoms with Gasteiger partial charge in [0.1, 0.15) is 17.2 Å². The van der Waals surface area contributed by atoms with E-state index in [-0.39, 0.29) is 5.91 Å². The van der Waals surface area contributed by atoms with Gasteiger partial charge in [0, 0.05) is 12.5 Å². The van der Waals surface area contributed by atoms with Gasteiger partial charge in [-0.15, -0.1) is 0 Å². The molecule has 0 spiro atoms. The molecule has 128 valence electrons. The van der Waals surface area contributed by atoms with E-state index in [1.54, 1.807) is 32.4 Å². The van der Waals surface area contributed by atoms with Gasteiger partial charge < -0.3 is 25.3 Å². The van der Waals surface area contributed by atoms with E-state index >= 15 is 0 Å². The van der Waals surface area contributed by atoms with Gasteiger partial charge in [-0.25, -0.2) is 0 Å². The predicted molar refractivity (Wildman–Crippen MR) is 93.8 cm³/mol. The number of hydrogen-bond acceptors (Lipinski definition) is 5. The molecule has 6 heteroatoms. The van der Waals surface area contributed by atoms with Gasteiger partial charge in [0.2, 0.25) is 5.91 Å². The molecule has 6 nitrogen and oxygen atoms in total. The van der Waals surface area contributed by atoms with Crippen LogP contribution in [0.1, 0.15) is 12.8 Å². The zero-order chi connectivity index (χ0) is 17.4. The largest absolute Gasteiger partial charge is 0.497 e. The molecular weight excluding hydrogens is 308 g/mol. The minimum absolute atomic E-state index is 0.106. The number of ether oxygens (including phenoxy) is 3. The van der Waals surface area contributed by atoms with Crippen LogP contribution in [0.3, 0.4) is 0 Å². The second kappa shape index (κ2) is 8.67. The van der Waals surface area contributed by atoms with Crippen LogP contribution in [-0.2, 0) is 4.79 Å². The SMILES string of the molecule is COc1ccc(OCCCC(=O)Nc2ccc(OC)cc2N)cc1. The fraction of sp³-hybridized carbons (Fsp3) is 0.278. The topological polar surface area (TPSA) is 82.8 Å². The minimum Gasteiger partial charge on any atom is -0.497 e. The summed E-state index contributed by atoms with van der Waals surface area (Å²) >= 11 is 0. The highest BCUT2D eigenvalue weighted by Gasteiger charge is 2.06. The Hall–Kier alpha value is -2.89. The highest BCUT2D eigenvalue weighted by molar-refractivity contribution is 5.93. The average Bonchev–Trinajstić information content (AvgIpc) is 2.61. The number of anilines is 2. The van der Waals surface area contributed by atoms with Crippen LogP contribution in [0, 0.1) is 0 Å². The van der Waals surface area contributed by atoms with E-state index < -0.39 is 0 Å². The molecule has 0 heterocycles. The van der Waals surface area contributed by atoms with Crippen LogP contribution >= 0.6 is 0 Å². The summed E-state index contributed by atoms with van der Waals surface area (Å²) in [5.74, 6) is 2.07. The average molecular weight is 330 g/mol. The molecule has 3 N–H and O–H groups in total. The fourth-order valence-corrected chi connectivity index (χ4v) is 2.09. The van der Waals surface area contributed by atoms with E-state index in [9.17, 15) is 4.79 Å². The molecule has 0 fully saturated rings. The smallest absolute Gasteiger partial charge is 0.224 e. The summed E-state index contributed by atoms with van der Waals surface area (Å²) < 4.78 is 15.7. The van der Waals surface area contributed by atoms with Gasteiger partial charge in [0.15, 0.2) is 0 Å². The van der Waals surface area contributed by atoms with Gasteiger partial charge in [-0.1, -0.05) is 0 Å². The molecular formula is C18H22N2O4. The van der Waals surface area contributed by atoms with Crippen LogP contribution in [0.4, 0.5) is 11.4 Å². The maximum absolute atomic E-state index is 11.9. The monoisotopic (exact) mass is 330 g/mol. The summed E-state index contributed by atoms with van der Waals surface area (Å²) in [7, 11) is 3.18. The van der Waals surface area contributed by atoms with Gasteiger partial charge in [0.25, 0.3) is 0 Å². The molecule has 2 aromatic rings. The van der Waals surface area contributed by atoms with E-state index in [0.29, 0.717) is 36.6 Å². The molecule has 0 unspecified atom stereocenters. The van der Waals surface area contributed by atoms with Crippen LogP contribution in [0.25, 0.3) is 0 Å². The lowest BCUT2D eigenvalue weighted by Gasteiger charge is -2.10. The lowest BCUT2D eigenvalue weighted by atomic mass is 10.2. The van der Waals surface area contributed by atoms with Crippen molar-refractivity contribution in [3.8, 4) is 17.2 Å². The van der Waals surface area contributed by atoms with Gasteiger partial charge >= 0.3 is 0 Å². The van der Waals surface area contributed by atoms with Gasteiger partial charge in [-0.3, -0.25) is 4.79 Å². The number of amides is 1. The third kappa shape index (κ3) is 5.08. The number of rotatable bonds is 8. The van der Waals surface area contributed by atoms with Gasteiger partial charge in [0.05, 0.1) is 32.2 Å². The van der Waals surface area contributed by atoms with Crippen molar-refractivity contribution in [1.82, 2.24) is 0 Å². The Labute approximate surface area is 141 Å². The molecule has 0 atom stereocenters. The van der Waals surface area contributed by atoms with Crippen molar-refractivity contribution in [2.45, 2.75) is 12.8 Å². The number of nitrogens with two attached hydrogens (primary N) is 1. The Kier molecular flexibility index (Phi) is 6.31. The van der Waals surface area contributed by atoms with Crippen molar-refractivity contribution in [2.24, 2.45) is 0 Å². The van der Waals surface area contributed by atoms with E-state index in [2.05, 4.69) is 5.32 Å². The predicted octanol–water partition coefficient (Wildman–Crippen LogP) is 3.08. The fourth-order valence-electron chi connectivity index (χ4n) is 2.09. The number of hydrogen-bond donors (Lipinski definition) is 2. The first kappa shape index (κ1) is 17.5. The van der Waals surface area contributed by atoms with Gasteiger partial charge in [-0.2, -0.15) is 0 Å². The maximum Gasteiger partial charge on any atom is 0.224 e. The molecule has 0 bridgehead atoms. The number of methoxy groups -OCH3 is 2. The molecule has 2 rings (SSSR count). The van der Waals surface area contributed by atoms with Crippen molar-refractivity contribution in [1.29, 1.82) is 0 Å². The number of carbonyl (C=O) groups excluding carboxylic acids is 1. The standard InChI is InChI=1S/C18H22N2O4/c1-22-13-5-7-14(8-6-13)24-11-3-4-18(21)20-17-10-9-15(23-2)12-16(17)19/h5-10,12H,3-4,11,19H2,1-2H3,(H,20,21). The van der Waals surface area contributed by atoms with Crippen LogP contribution in [-0.4, -0.2) is 26.7 Å². The third-order valence-corrected chi connectivity index (χ3v) is 3.41. The molecule has 0 saturated carbocycles. The first-order valence-electron chi connectivity index (χ1n) is 7.62. The summed E-state index contributed by atoms with van der Waals surface area (Å²) in [6.45, 7) is 0.456. The van der Waals surface area contributed by atoms with Crippen molar-refractivity contribution in [3.05, 3.63) is 42.5 Å². The molecule has 0 radical (unpaired) electrons. The Morgan fingerprint density at radius 1 is 1.00 bits per heavy atom. The Bertz CT molecular complexity index is 671. The number of carbonyl (C=O) groups is 1. The molecule has 0 aliphatic carbocycles. The summed E-state index contributed by atoms with van der Waals surface area (Å²) in [6, 6.07) is 12.5. The van der Waals surface area contributed by atoms with Gasteiger partial charge in [-0.05, 0) is 42.8 Å². The lowest BCUT2D eigenvalue weighted by molar-refractivity contribution is -0.116. The van der Waals surface area contributed by atoms with Crippen molar-refractivity contribution in [3.63, 3.8) is 0 Å². The highest BCUT2D eigenvalue weighted by atomic mass is 16.5. The van der Waals surface area contributed by atoms with Crippen molar-refractivity contribution < 1.29 is 19.0 Å². The number of benzene rings is 2. The summed E-state index contributed by atoms with van der Waals surface area (Å²) in [6.07, 6.45) is 0.954. The number of nitrogens with one attached hydrogen (secondary N) is 1. The molecule has 0 aliphatic rings. The molecule has 0 aliphatic heterocycles. The van der Waals surface area contributed by atoms with Crippen LogP contribution in [0.2, 0.25) is 0 Å². The van der Waals surface area contributed by atoms with E-state index in [4.69, 9.17) is 19.9 Å². The van der Waals surface area contributed by atoms with Crippen LogP contribution in [0.15, 0.2) is 42.5 Å². The molecule has 2 aromatic carbocycles. The van der Waals surface area contributed by atoms with E-state index in [1.807, 2.05) is 24.3 Å². The Balaban J connectivity index is 1.73. The Morgan fingerprint density at radius 3 is 2.25 bits per heavy atom. The molecule has 0 saturated heterocycles. The summed E-state index contributed by atoms with van der Waals surface area (Å²) in [4.78, 5) is 11.9. The zero-order valence-electron chi connectivity index (χ0n) is 13.9. The van der Waals surface area contributed by atoms with E-state index in [1.165, 1.54) is 0 Å². The first-order chi connectivity index (χ1) is 11.6. The molecule has 0 aromatic heterocycles. The second-order valence-electron chi connectivity index (χ2n) is 5.13. The lowest BCUT2D eigenvalue weighted by Crippen LogP contribution is -2.14. The normalized spacial score (nSPS) is 10.1.